The number of aromatic nitrogens is 1. The van der Waals surface area contributed by atoms with Gasteiger partial charge in [0, 0.05) is 65.2 Å². The van der Waals surface area contributed by atoms with E-state index in [-0.39, 0.29) is 0 Å². The van der Waals surface area contributed by atoms with Crippen molar-refractivity contribution >= 4 is 92.1 Å². The molecule has 0 saturated carbocycles. The van der Waals surface area contributed by atoms with Gasteiger partial charge in [0.15, 0.2) is 0 Å². The molecule has 48 heavy (non-hydrogen) atoms. The van der Waals surface area contributed by atoms with Gasteiger partial charge in [-0.3, -0.25) is 0 Å². The molecule has 0 spiro atoms. The normalized spacial score (nSPS) is 11.8. The fraction of sp³-hybridized carbons (Fsp3) is 0. The van der Waals surface area contributed by atoms with Crippen molar-refractivity contribution in [3.8, 4) is 21.7 Å². The number of para-hydroxylation sites is 2. The number of hydrogen-bond donors (Lipinski definition) is 0. The molecule has 0 aliphatic carbocycles. The van der Waals surface area contributed by atoms with Gasteiger partial charge >= 0.3 is 0 Å². The van der Waals surface area contributed by atoms with Gasteiger partial charge in [-0.05, 0) is 60.2 Å². The van der Waals surface area contributed by atoms with E-state index in [2.05, 4.69) is 150 Å². The molecule has 0 amide bonds. The summed E-state index contributed by atoms with van der Waals surface area (Å²) in [4.78, 5) is 7.47. The van der Waals surface area contributed by atoms with Gasteiger partial charge < -0.3 is 9.32 Å². The first-order valence-electron chi connectivity index (χ1n) is 16.0. The SMILES string of the molecule is c1ccc(-c2nc3cc(-c4ccc(N(c5ccccc5)c5ccc6c(c5)oc5ccccc56)cc4)c4sc5ccccc5c4c3s2)cc1. The van der Waals surface area contributed by atoms with Crippen molar-refractivity contribution < 1.29 is 4.42 Å². The molecule has 5 heteroatoms. The molecule has 0 fully saturated rings. The topological polar surface area (TPSA) is 29.3 Å². The summed E-state index contributed by atoms with van der Waals surface area (Å²) in [5, 5.41) is 5.90. The van der Waals surface area contributed by atoms with E-state index in [4.69, 9.17) is 9.40 Å². The third kappa shape index (κ3) is 4.36. The van der Waals surface area contributed by atoms with Crippen molar-refractivity contribution in [3.05, 3.63) is 158 Å². The van der Waals surface area contributed by atoms with Crippen molar-refractivity contribution in [2.75, 3.05) is 4.90 Å². The molecule has 7 aromatic carbocycles. The Balaban J connectivity index is 1.13. The fourth-order valence-electron chi connectivity index (χ4n) is 6.86. The third-order valence-electron chi connectivity index (χ3n) is 9.09. The van der Waals surface area contributed by atoms with E-state index in [1.54, 1.807) is 11.3 Å². The van der Waals surface area contributed by atoms with E-state index in [1.807, 2.05) is 23.5 Å². The van der Waals surface area contributed by atoms with E-state index >= 15 is 0 Å². The van der Waals surface area contributed by atoms with Crippen LogP contribution in [0, 0.1) is 0 Å². The summed E-state index contributed by atoms with van der Waals surface area (Å²) in [6.45, 7) is 0. The van der Waals surface area contributed by atoms with Gasteiger partial charge in [0.2, 0.25) is 0 Å². The van der Waals surface area contributed by atoms with Crippen LogP contribution in [0.1, 0.15) is 0 Å². The minimum absolute atomic E-state index is 0.879. The molecule has 0 atom stereocenters. The van der Waals surface area contributed by atoms with Gasteiger partial charge in [-0.1, -0.05) is 97.1 Å². The van der Waals surface area contributed by atoms with Crippen LogP contribution in [0.2, 0.25) is 0 Å². The highest BCUT2D eigenvalue weighted by Crippen LogP contribution is 2.47. The summed E-state index contributed by atoms with van der Waals surface area (Å²) >= 11 is 3.66. The summed E-state index contributed by atoms with van der Waals surface area (Å²) < 4.78 is 10.1. The monoisotopic (exact) mass is 650 g/mol. The summed E-state index contributed by atoms with van der Waals surface area (Å²) in [5.74, 6) is 0. The number of thiophene rings is 1. The van der Waals surface area contributed by atoms with E-state index in [1.165, 1.54) is 36.0 Å². The van der Waals surface area contributed by atoms with Gasteiger partial charge in [0.1, 0.15) is 16.2 Å². The molecular weight excluding hydrogens is 625 g/mol. The first-order valence-corrected chi connectivity index (χ1v) is 17.6. The summed E-state index contributed by atoms with van der Waals surface area (Å²) in [6.07, 6.45) is 0. The maximum Gasteiger partial charge on any atom is 0.137 e. The molecule has 0 N–H and O–H groups in total. The lowest BCUT2D eigenvalue weighted by atomic mass is 10.0. The molecule has 0 unspecified atom stereocenters. The van der Waals surface area contributed by atoms with Crippen LogP contribution in [0.3, 0.4) is 0 Å². The minimum atomic E-state index is 0.879. The number of thiazole rings is 1. The predicted octanol–water partition coefficient (Wildman–Crippen LogP) is 13.4. The lowest BCUT2D eigenvalue weighted by Gasteiger charge is -2.25. The molecule has 0 aliphatic rings. The van der Waals surface area contributed by atoms with Gasteiger partial charge in [-0.25, -0.2) is 4.98 Å². The lowest BCUT2D eigenvalue weighted by Crippen LogP contribution is -2.09. The maximum absolute atomic E-state index is 6.29. The Morgan fingerprint density at radius 3 is 1.98 bits per heavy atom. The smallest absolute Gasteiger partial charge is 0.137 e. The largest absolute Gasteiger partial charge is 0.456 e. The zero-order chi connectivity index (χ0) is 31.6. The van der Waals surface area contributed by atoms with Crippen molar-refractivity contribution in [2.24, 2.45) is 0 Å². The van der Waals surface area contributed by atoms with E-state index in [0.717, 1.165) is 55.1 Å². The standard InChI is InChI=1S/C43H26N2OS2/c1-3-11-28(12-4-1)43-44-36-26-35(41-40(42(36)48-43)34-16-8-10-18-39(34)47-41)27-19-21-30(22-20-27)45(29-13-5-2-6-14-29)31-23-24-33-32-15-7-9-17-37(32)46-38(33)25-31/h1-26H. The molecule has 10 aromatic rings. The molecule has 3 heterocycles. The minimum Gasteiger partial charge on any atom is -0.456 e. The van der Waals surface area contributed by atoms with E-state index in [0.29, 0.717) is 0 Å². The van der Waals surface area contributed by atoms with Crippen molar-refractivity contribution in [2.45, 2.75) is 0 Å². The lowest BCUT2D eigenvalue weighted by molar-refractivity contribution is 0.669. The second-order valence-electron chi connectivity index (χ2n) is 12.0. The van der Waals surface area contributed by atoms with Crippen molar-refractivity contribution in [3.63, 3.8) is 0 Å². The Morgan fingerprint density at radius 2 is 1.15 bits per heavy atom. The zero-order valence-corrected chi connectivity index (χ0v) is 27.3. The second-order valence-corrected chi connectivity index (χ2v) is 14.0. The number of hydrogen-bond acceptors (Lipinski definition) is 5. The average Bonchev–Trinajstić information content (AvgIpc) is 3.86. The summed E-state index contributed by atoms with van der Waals surface area (Å²) in [7, 11) is 0. The molecule has 3 aromatic heterocycles. The van der Waals surface area contributed by atoms with E-state index < -0.39 is 0 Å². The van der Waals surface area contributed by atoms with Gasteiger partial charge in [0.05, 0.1) is 10.2 Å². The molecule has 0 aliphatic heterocycles. The van der Waals surface area contributed by atoms with Crippen LogP contribution in [-0.2, 0) is 0 Å². The Labute approximate surface area is 284 Å². The molecular formula is C43H26N2OS2. The molecule has 0 saturated heterocycles. The summed E-state index contributed by atoms with van der Waals surface area (Å²) in [6, 6.07) is 55.8. The first-order chi connectivity index (χ1) is 23.8. The zero-order valence-electron chi connectivity index (χ0n) is 25.6. The van der Waals surface area contributed by atoms with Crippen LogP contribution in [0.15, 0.2) is 162 Å². The molecule has 10 rings (SSSR count). The number of benzene rings is 7. The number of rotatable bonds is 5. The van der Waals surface area contributed by atoms with Gasteiger partial charge in [0.25, 0.3) is 0 Å². The molecule has 0 radical (unpaired) electrons. The molecule has 226 valence electrons. The van der Waals surface area contributed by atoms with Crippen LogP contribution in [0.5, 0.6) is 0 Å². The third-order valence-corrected chi connectivity index (χ3v) is 11.4. The first kappa shape index (κ1) is 27.4. The molecule has 3 nitrogen and oxygen atoms in total. The van der Waals surface area contributed by atoms with Crippen LogP contribution in [0.4, 0.5) is 17.1 Å². The fourth-order valence-corrected chi connectivity index (χ4v) is 9.28. The van der Waals surface area contributed by atoms with Crippen LogP contribution >= 0.6 is 22.7 Å². The van der Waals surface area contributed by atoms with Crippen LogP contribution in [0.25, 0.3) is 74.0 Å². The Kier molecular flexibility index (Phi) is 6.22. The summed E-state index contributed by atoms with van der Waals surface area (Å²) in [5.41, 5.74) is 9.57. The van der Waals surface area contributed by atoms with Crippen LogP contribution in [-0.4, -0.2) is 4.98 Å². The van der Waals surface area contributed by atoms with E-state index in [9.17, 15) is 0 Å². The highest BCUT2D eigenvalue weighted by atomic mass is 32.1. The Hall–Kier alpha value is -5.75. The Bertz CT molecular complexity index is 2780. The average molecular weight is 651 g/mol. The predicted molar refractivity (Wildman–Crippen MR) is 205 cm³/mol. The highest BCUT2D eigenvalue weighted by Gasteiger charge is 2.20. The number of furan rings is 1. The number of nitrogens with zero attached hydrogens (tertiary/aromatic N) is 2. The van der Waals surface area contributed by atoms with Gasteiger partial charge in [-0.2, -0.15) is 0 Å². The maximum atomic E-state index is 6.29. The highest BCUT2D eigenvalue weighted by molar-refractivity contribution is 7.28. The van der Waals surface area contributed by atoms with Crippen LogP contribution < -0.4 is 4.90 Å². The van der Waals surface area contributed by atoms with Crippen molar-refractivity contribution in [1.29, 1.82) is 0 Å². The Morgan fingerprint density at radius 1 is 0.479 bits per heavy atom. The quantitative estimate of drug-likeness (QED) is 0.186. The molecule has 0 bridgehead atoms. The van der Waals surface area contributed by atoms with Crippen molar-refractivity contribution in [1.82, 2.24) is 4.98 Å². The number of fused-ring (bicyclic) bond motifs is 8. The second kappa shape index (κ2) is 10.9. The number of anilines is 3. The van der Waals surface area contributed by atoms with Gasteiger partial charge in [-0.15, -0.1) is 22.7 Å².